The van der Waals surface area contributed by atoms with Crippen LogP contribution in [0.1, 0.15) is 51.7 Å². The first-order chi connectivity index (χ1) is 19.7. The molecule has 0 amide bonds. The van der Waals surface area contributed by atoms with Gasteiger partial charge in [0.15, 0.2) is 23.0 Å². The van der Waals surface area contributed by atoms with Crippen LogP contribution in [0.2, 0.25) is 0 Å². The lowest BCUT2D eigenvalue weighted by atomic mass is 10.2. The zero-order valence-corrected chi connectivity index (χ0v) is 25.3. The summed E-state index contributed by atoms with van der Waals surface area (Å²) in [4.78, 5) is 5.20. The molecular weight excluding hydrogens is 504 g/mol. The minimum absolute atomic E-state index is 0.641. The van der Waals surface area contributed by atoms with Crippen LogP contribution in [-0.4, -0.2) is 88.6 Å². The van der Waals surface area contributed by atoms with Crippen molar-refractivity contribution in [1.29, 1.82) is 0 Å². The second kappa shape index (κ2) is 18.8. The minimum atomic E-state index is 0.641. The molecule has 40 heavy (non-hydrogen) atoms. The van der Waals surface area contributed by atoms with Gasteiger partial charge in [0, 0.05) is 39.3 Å². The lowest BCUT2D eigenvalue weighted by Gasteiger charge is -2.34. The third-order valence-electron chi connectivity index (χ3n) is 6.99. The highest BCUT2D eigenvalue weighted by Crippen LogP contribution is 2.29. The Morgan fingerprint density at radius 1 is 0.550 bits per heavy atom. The van der Waals surface area contributed by atoms with Gasteiger partial charge in [-0.15, -0.1) is 0 Å². The molecule has 2 aromatic carbocycles. The molecule has 2 N–H and O–H groups in total. The van der Waals surface area contributed by atoms with Crippen LogP contribution in [-0.2, 0) is 13.1 Å². The van der Waals surface area contributed by atoms with Crippen LogP contribution in [0.25, 0.3) is 0 Å². The first kappa shape index (κ1) is 32.0. The van der Waals surface area contributed by atoms with E-state index in [2.05, 4.69) is 44.7 Å². The molecule has 1 aliphatic rings. The van der Waals surface area contributed by atoms with Crippen molar-refractivity contribution in [1.82, 2.24) is 20.4 Å². The first-order valence-corrected chi connectivity index (χ1v) is 15.3. The van der Waals surface area contributed by atoms with Crippen LogP contribution in [0.4, 0.5) is 0 Å². The standard InChI is InChI=1S/C32H52N4O4/c1-5-37-29-13-11-27(23-31(29)39-7-3)25-33-15-9-17-35-19-21-36(22-20-35)18-10-16-34-26-28-12-14-30(38-6-2)32(24-28)40-8-4/h11-14,23-24,33-34H,5-10,15-22,25-26H2,1-4H3. The van der Waals surface area contributed by atoms with Crippen LogP contribution >= 0.6 is 0 Å². The van der Waals surface area contributed by atoms with Crippen molar-refractivity contribution < 1.29 is 18.9 Å². The zero-order valence-electron chi connectivity index (χ0n) is 25.3. The Kier molecular flexibility index (Phi) is 15.0. The summed E-state index contributed by atoms with van der Waals surface area (Å²) in [5.41, 5.74) is 2.45. The Bertz CT molecular complexity index is 888. The summed E-state index contributed by atoms with van der Waals surface area (Å²) in [5.74, 6) is 3.31. The fourth-order valence-electron chi connectivity index (χ4n) is 4.97. The third kappa shape index (κ3) is 11.2. The van der Waals surface area contributed by atoms with Crippen molar-refractivity contribution in [2.45, 2.75) is 53.6 Å². The van der Waals surface area contributed by atoms with E-state index in [0.29, 0.717) is 26.4 Å². The zero-order chi connectivity index (χ0) is 28.4. The molecule has 0 spiro atoms. The summed E-state index contributed by atoms with van der Waals surface area (Å²) >= 11 is 0. The number of hydrogen-bond donors (Lipinski definition) is 2. The lowest BCUT2D eigenvalue weighted by molar-refractivity contribution is 0.130. The maximum Gasteiger partial charge on any atom is 0.161 e. The molecule has 0 aliphatic carbocycles. The molecule has 1 heterocycles. The molecule has 0 saturated carbocycles. The molecule has 224 valence electrons. The fourth-order valence-corrected chi connectivity index (χ4v) is 4.97. The molecule has 2 aromatic rings. The summed E-state index contributed by atoms with van der Waals surface area (Å²) in [5, 5.41) is 7.17. The van der Waals surface area contributed by atoms with Crippen LogP contribution in [0.3, 0.4) is 0 Å². The Balaban J connectivity index is 1.23. The number of nitrogens with one attached hydrogen (secondary N) is 2. The molecule has 0 radical (unpaired) electrons. The number of piperazine rings is 1. The minimum Gasteiger partial charge on any atom is -0.490 e. The molecule has 0 bridgehead atoms. The topological polar surface area (TPSA) is 67.5 Å². The highest BCUT2D eigenvalue weighted by atomic mass is 16.5. The van der Waals surface area contributed by atoms with E-state index in [1.54, 1.807) is 0 Å². The van der Waals surface area contributed by atoms with Gasteiger partial charge in [-0.25, -0.2) is 0 Å². The van der Waals surface area contributed by atoms with Gasteiger partial charge in [0.25, 0.3) is 0 Å². The van der Waals surface area contributed by atoms with E-state index in [9.17, 15) is 0 Å². The van der Waals surface area contributed by atoms with Crippen molar-refractivity contribution >= 4 is 0 Å². The summed E-state index contributed by atoms with van der Waals surface area (Å²) in [6.45, 7) is 21.3. The van der Waals surface area contributed by atoms with Gasteiger partial charge < -0.3 is 39.4 Å². The van der Waals surface area contributed by atoms with Gasteiger partial charge in [-0.05, 0) is 102 Å². The molecule has 0 unspecified atom stereocenters. The third-order valence-corrected chi connectivity index (χ3v) is 6.99. The van der Waals surface area contributed by atoms with Crippen LogP contribution in [0, 0.1) is 0 Å². The van der Waals surface area contributed by atoms with Gasteiger partial charge in [-0.2, -0.15) is 0 Å². The Morgan fingerprint density at radius 2 is 0.925 bits per heavy atom. The fraction of sp³-hybridized carbons (Fsp3) is 0.625. The average Bonchev–Trinajstić information content (AvgIpc) is 2.96. The average molecular weight is 557 g/mol. The molecule has 0 atom stereocenters. The molecular formula is C32H52N4O4. The number of ether oxygens (including phenoxy) is 4. The predicted octanol–water partition coefficient (Wildman–Crippen LogP) is 4.56. The van der Waals surface area contributed by atoms with E-state index in [1.165, 1.54) is 11.1 Å². The lowest BCUT2D eigenvalue weighted by Crippen LogP contribution is -2.47. The van der Waals surface area contributed by atoms with Gasteiger partial charge in [0.2, 0.25) is 0 Å². The van der Waals surface area contributed by atoms with Crippen molar-refractivity contribution in [3.8, 4) is 23.0 Å². The van der Waals surface area contributed by atoms with Crippen LogP contribution in [0.5, 0.6) is 23.0 Å². The molecule has 1 fully saturated rings. The van der Waals surface area contributed by atoms with E-state index >= 15 is 0 Å². The second-order valence-electron chi connectivity index (χ2n) is 10.0. The number of hydrogen-bond acceptors (Lipinski definition) is 8. The Labute approximate surface area is 242 Å². The molecule has 3 rings (SSSR count). The number of nitrogens with zero attached hydrogens (tertiary/aromatic N) is 2. The van der Waals surface area contributed by atoms with Gasteiger partial charge >= 0.3 is 0 Å². The maximum absolute atomic E-state index is 5.75. The summed E-state index contributed by atoms with van der Waals surface area (Å²) in [7, 11) is 0. The quantitative estimate of drug-likeness (QED) is 0.230. The molecule has 1 saturated heterocycles. The van der Waals surface area contributed by atoms with Crippen LogP contribution in [0.15, 0.2) is 36.4 Å². The van der Waals surface area contributed by atoms with E-state index in [1.807, 2.05) is 39.8 Å². The normalized spacial score (nSPS) is 14.3. The van der Waals surface area contributed by atoms with Crippen molar-refractivity contribution in [2.24, 2.45) is 0 Å². The predicted molar refractivity (Wildman–Crippen MR) is 163 cm³/mol. The van der Waals surface area contributed by atoms with Gasteiger partial charge in [-0.1, -0.05) is 12.1 Å². The highest BCUT2D eigenvalue weighted by Gasteiger charge is 2.16. The van der Waals surface area contributed by atoms with E-state index in [4.69, 9.17) is 18.9 Å². The van der Waals surface area contributed by atoms with Gasteiger partial charge in [0.05, 0.1) is 26.4 Å². The smallest absolute Gasteiger partial charge is 0.161 e. The SMILES string of the molecule is CCOc1ccc(CNCCCN2CCN(CCCNCc3ccc(OCC)c(OCC)c3)CC2)cc1OCC. The van der Waals surface area contributed by atoms with E-state index in [0.717, 1.165) is 101 Å². The van der Waals surface area contributed by atoms with E-state index < -0.39 is 0 Å². The Morgan fingerprint density at radius 3 is 1.30 bits per heavy atom. The highest BCUT2D eigenvalue weighted by molar-refractivity contribution is 5.43. The number of rotatable bonds is 20. The molecule has 1 aliphatic heterocycles. The first-order valence-electron chi connectivity index (χ1n) is 15.3. The summed E-state index contributed by atoms with van der Waals surface area (Å²) in [6, 6.07) is 12.5. The monoisotopic (exact) mass is 556 g/mol. The van der Waals surface area contributed by atoms with E-state index in [-0.39, 0.29) is 0 Å². The van der Waals surface area contributed by atoms with Crippen LogP contribution < -0.4 is 29.6 Å². The molecule has 8 nitrogen and oxygen atoms in total. The summed E-state index contributed by atoms with van der Waals surface area (Å²) < 4.78 is 22.8. The van der Waals surface area contributed by atoms with Gasteiger partial charge in [-0.3, -0.25) is 0 Å². The molecule has 0 aromatic heterocycles. The van der Waals surface area contributed by atoms with Crippen molar-refractivity contribution in [3.05, 3.63) is 47.5 Å². The van der Waals surface area contributed by atoms with Gasteiger partial charge in [0.1, 0.15) is 0 Å². The second-order valence-corrected chi connectivity index (χ2v) is 10.0. The van der Waals surface area contributed by atoms with Crippen molar-refractivity contribution in [3.63, 3.8) is 0 Å². The largest absolute Gasteiger partial charge is 0.490 e. The number of benzene rings is 2. The maximum atomic E-state index is 5.75. The molecule has 8 heteroatoms. The van der Waals surface area contributed by atoms with Crippen molar-refractivity contribution in [2.75, 3.05) is 78.8 Å². The Hall–Kier alpha value is -2.52. The summed E-state index contributed by atoms with van der Waals surface area (Å²) in [6.07, 6.45) is 2.33.